The zero-order chi connectivity index (χ0) is 22.2. The molecule has 2 amide bonds. The minimum atomic E-state index is -1.27. The number of carbonyl (C=O) groups excluding carboxylic acids is 3. The van der Waals surface area contributed by atoms with E-state index in [-0.39, 0.29) is 29.0 Å². The minimum absolute atomic E-state index is 0.0126. The number of aliphatic hydroxyl groups is 1. The van der Waals surface area contributed by atoms with E-state index in [2.05, 4.69) is 0 Å². The number of carbonyl (C=O) groups is 4. The van der Waals surface area contributed by atoms with Gasteiger partial charge in [-0.3, -0.25) is 14.4 Å². The average Bonchev–Trinajstić information content (AvgIpc) is 3.21. The Bertz CT molecular complexity index is 1260. The van der Waals surface area contributed by atoms with Crippen LogP contribution >= 0.6 is 0 Å². The molecule has 8 heteroatoms. The summed E-state index contributed by atoms with van der Waals surface area (Å²) in [7, 11) is 0. The zero-order valence-corrected chi connectivity index (χ0v) is 16.5. The molecule has 2 aliphatic heterocycles. The van der Waals surface area contributed by atoms with Crippen LogP contribution in [0.25, 0.3) is 16.7 Å². The Hall–Kier alpha value is -3.78. The van der Waals surface area contributed by atoms with E-state index in [1.54, 1.807) is 30.3 Å². The molecule has 0 unspecified atom stereocenters. The highest BCUT2D eigenvalue weighted by Crippen LogP contribution is 2.48. The number of aliphatic carboxylic acids is 1. The van der Waals surface area contributed by atoms with E-state index in [1.165, 1.54) is 17.9 Å². The zero-order valence-electron chi connectivity index (χ0n) is 16.5. The quantitative estimate of drug-likeness (QED) is 0.548. The third-order valence-electron chi connectivity index (χ3n) is 6.37. The highest BCUT2D eigenvalue weighted by atomic mass is 16.4. The Kier molecular flexibility index (Phi) is 3.94. The van der Waals surface area contributed by atoms with E-state index in [9.17, 15) is 29.4 Å². The normalized spacial score (nSPS) is 22.1. The first-order valence-corrected chi connectivity index (χ1v) is 9.82. The lowest BCUT2D eigenvalue weighted by Crippen LogP contribution is -2.61. The predicted octanol–water partition coefficient (Wildman–Crippen LogP) is 1.40. The van der Waals surface area contributed by atoms with Gasteiger partial charge in [-0.25, -0.2) is 4.79 Å². The molecular weight excluding hydrogens is 400 g/mol. The SMILES string of the molecule is C[C@@H](O)[C@H]1C(=O)N2C(C(=O)O)=C(c3cc(C(N)=O)c4c(c3)-c3ccccc3C4=O)C[C@H]12. The number of ketones is 1. The number of fused-ring (bicyclic) bond motifs is 4. The van der Waals surface area contributed by atoms with Gasteiger partial charge in [-0.05, 0) is 47.7 Å². The number of nitrogens with two attached hydrogens (primary N) is 1. The molecule has 3 aliphatic rings. The lowest BCUT2D eigenvalue weighted by atomic mass is 9.82. The Balaban J connectivity index is 1.72. The first kappa shape index (κ1) is 19.2. The van der Waals surface area contributed by atoms with Crippen molar-refractivity contribution in [3.05, 3.63) is 64.3 Å². The number of aliphatic hydroxyl groups excluding tert-OH is 1. The van der Waals surface area contributed by atoms with Gasteiger partial charge in [0.1, 0.15) is 5.70 Å². The summed E-state index contributed by atoms with van der Waals surface area (Å²) in [6.07, 6.45) is -0.691. The summed E-state index contributed by atoms with van der Waals surface area (Å²) in [4.78, 5) is 50.8. The first-order valence-electron chi connectivity index (χ1n) is 9.82. The molecule has 4 N–H and O–H groups in total. The van der Waals surface area contributed by atoms with Gasteiger partial charge in [-0.1, -0.05) is 24.3 Å². The van der Waals surface area contributed by atoms with Crippen LogP contribution in [0.15, 0.2) is 42.1 Å². The van der Waals surface area contributed by atoms with Crippen LogP contribution in [0.2, 0.25) is 0 Å². The number of carboxylic acids is 1. The lowest BCUT2D eigenvalue weighted by Gasteiger charge is -2.44. The molecular formula is C23H18N2O6. The van der Waals surface area contributed by atoms with Crippen LogP contribution in [0.4, 0.5) is 0 Å². The third kappa shape index (κ3) is 2.45. The molecule has 0 saturated carbocycles. The molecule has 8 nitrogen and oxygen atoms in total. The van der Waals surface area contributed by atoms with E-state index in [1.807, 2.05) is 0 Å². The summed E-state index contributed by atoms with van der Waals surface area (Å²) in [5.74, 6) is -3.50. The van der Waals surface area contributed by atoms with E-state index < -0.39 is 35.8 Å². The van der Waals surface area contributed by atoms with Crippen LogP contribution in [0.5, 0.6) is 0 Å². The van der Waals surface area contributed by atoms with Crippen LogP contribution in [0.3, 0.4) is 0 Å². The van der Waals surface area contributed by atoms with E-state index in [0.717, 1.165) is 0 Å². The molecule has 0 aromatic heterocycles. The maximum absolute atomic E-state index is 12.9. The fourth-order valence-electron chi connectivity index (χ4n) is 5.05. The van der Waals surface area contributed by atoms with Crippen molar-refractivity contribution < 1.29 is 29.4 Å². The van der Waals surface area contributed by atoms with Gasteiger partial charge in [-0.15, -0.1) is 0 Å². The Morgan fingerprint density at radius 2 is 1.81 bits per heavy atom. The molecule has 3 atom stereocenters. The van der Waals surface area contributed by atoms with Gasteiger partial charge in [0.25, 0.3) is 0 Å². The highest BCUT2D eigenvalue weighted by molar-refractivity contribution is 6.26. The van der Waals surface area contributed by atoms with Gasteiger partial charge in [0, 0.05) is 11.1 Å². The molecule has 31 heavy (non-hydrogen) atoms. The van der Waals surface area contributed by atoms with Crippen molar-refractivity contribution >= 4 is 29.1 Å². The average molecular weight is 418 g/mol. The third-order valence-corrected chi connectivity index (χ3v) is 6.37. The molecule has 1 fully saturated rings. The minimum Gasteiger partial charge on any atom is -0.477 e. The number of hydrogen-bond acceptors (Lipinski definition) is 5. The molecule has 0 radical (unpaired) electrons. The smallest absolute Gasteiger partial charge is 0.352 e. The van der Waals surface area contributed by atoms with Gasteiger partial charge in [0.05, 0.1) is 23.6 Å². The van der Waals surface area contributed by atoms with Gasteiger partial charge in [-0.2, -0.15) is 0 Å². The van der Waals surface area contributed by atoms with Gasteiger partial charge in [0.15, 0.2) is 5.78 Å². The summed E-state index contributed by atoms with van der Waals surface area (Å²) in [6, 6.07) is 9.56. The number of amides is 2. The van der Waals surface area contributed by atoms with Crippen LogP contribution in [-0.4, -0.2) is 50.8 Å². The molecule has 1 aliphatic carbocycles. The topological polar surface area (TPSA) is 138 Å². The molecule has 0 spiro atoms. The summed E-state index contributed by atoms with van der Waals surface area (Å²) in [5.41, 5.74) is 8.01. The van der Waals surface area contributed by atoms with Crippen molar-refractivity contribution in [1.29, 1.82) is 0 Å². The van der Waals surface area contributed by atoms with Crippen LogP contribution in [0, 0.1) is 5.92 Å². The largest absolute Gasteiger partial charge is 0.477 e. The number of carboxylic acid groups (broad SMARTS) is 1. The Morgan fingerprint density at radius 3 is 2.42 bits per heavy atom. The monoisotopic (exact) mass is 418 g/mol. The summed E-state index contributed by atoms with van der Waals surface area (Å²) < 4.78 is 0. The second-order valence-electron chi connectivity index (χ2n) is 8.06. The molecule has 2 aromatic rings. The van der Waals surface area contributed by atoms with Gasteiger partial charge >= 0.3 is 5.97 Å². The van der Waals surface area contributed by atoms with E-state index in [0.29, 0.717) is 27.8 Å². The number of hydrogen-bond donors (Lipinski definition) is 3. The van der Waals surface area contributed by atoms with Crippen molar-refractivity contribution in [1.82, 2.24) is 4.90 Å². The van der Waals surface area contributed by atoms with Crippen molar-refractivity contribution in [2.45, 2.75) is 25.5 Å². The van der Waals surface area contributed by atoms with Crippen LogP contribution in [-0.2, 0) is 9.59 Å². The molecule has 5 rings (SSSR count). The Labute approximate surface area is 176 Å². The molecule has 156 valence electrons. The van der Waals surface area contributed by atoms with E-state index >= 15 is 0 Å². The van der Waals surface area contributed by atoms with Gasteiger partial charge in [0.2, 0.25) is 11.8 Å². The maximum Gasteiger partial charge on any atom is 0.352 e. The summed E-state index contributed by atoms with van der Waals surface area (Å²) in [6.45, 7) is 1.50. The van der Waals surface area contributed by atoms with Crippen molar-refractivity contribution in [3.63, 3.8) is 0 Å². The van der Waals surface area contributed by atoms with Crippen molar-refractivity contribution in [2.75, 3.05) is 0 Å². The predicted molar refractivity (Wildman–Crippen MR) is 109 cm³/mol. The second kappa shape index (κ2) is 6.36. The summed E-state index contributed by atoms with van der Waals surface area (Å²) >= 11 is 0. The number of primary amides is 1. The van der Waals surface area contributed by atoms with Crippen LogP contribution < -0.4 is 5.73 Å². The molecule has 1 saturated heterocycles. The first-order chi connectivity index (χ1) is 14.7. The highest BCUT2D eigenvalue weighted by Gasteiger charge is 2.56. The van der Waals surface area contributed by atoms with E-state index in [4.69, 9.17) is 5.73 Å². The molecule has 2 heterocycles. The fraction of sp³-hybridized carbons (Fsp3) is 0.217. The lowest BCUT2D eigenvalue weighted by molar-refractivity contribution is -0.161. The second-order valence-corrected chi connectivity index (χ2v) is 8.06. The maximum atomic E-state index is 12.9. The van der Waals surface area contributed by atoms with Gasteiger partial charge < -0.3 is 20.8 Å². The number of benzene rings is 2. The number of nitrogens with zero attached hydrogens (tertiary/aromatic N) is 1. The van der Waals surface area contributed by atoms with Crippen molar-refractivity contribution in [2.24, 2.45) is 11.7 Å². The number of rotatable bonds is 4. The van der Waals surface area contributed by atoms with Crippen molar-refractivity contribution in [3.8, 4) is 11.1 Å². The van der Waals surface area contributed by atoms with Crippen LogP contribution in [0.1, 0.15) is 45.2 Å². The Morgan fingerprint density at radius 1 is 1.13 bits per heavy atom. The summed E-state index contributed by atoms with van der Waals surface area (Å²) in [5, 5.41) is 19.8. The fourth-order valence-corrected chi connectivity index (χ4v) is 5.05. The standard InChI is InChI=1S/C23H18N2O6/c1-9(26)17-16-8-13(19(23(30)31)25(16)22(17)29)10-6-14-11-4-2-3-5-12(11)20(27)18(14)15(7-10)21(24)28/h2-7,9,16-17,26H,8H2,1H3,(H2,24,28)(H,30,31)/t9-,16-,17-/m1/s1. The molecule has 2 aromatic carbocycles. The molecule has 0 bridgehead atoms. The number of β-lactam (4-membered cyclic amide) rings is 1.